The summed E-state index contributed by atoms with van der Waals surface area (Å²) in [7, 11) is 0. The fraction of sp³-hybridized carbons (Fsp3) is 0.562. The van der Waals surface area contributed by atoms with Crippen LogP contribution in [0.25, 0.3) is 0 Å². The molecular formula is C16H23N3. The van der Waals surface area contributed by atoms with Crippen molar-refractivity contribution < 1.29 is 0 Å². The summed E-state index contributed by atoms with van der Waals surface area (Å²) in [4.78, 5) is 7.25. The molecule has 0 spiro atoms. The highest BCUT2D eigenvalue weighted by atomic mass is 15.2. The maximum absolute atomic E-state index is 4.77. The van der Waals surface area contributed by atoms with Crippen molar-refractivity contribution in [3.63, 3.8) is 0 Å². The molecule has 102 valence electrons. The Labute approximate surface area is 115 Å². The second kappa shape index (κ2) is 5.85. The molecule has 1 heterocycles. The number of nitrogens with one attached hydrogen (secondary N) is 1. The van der Waals surface area contributed by atoms with Gasteiger partial charge in [-0.15, -0.1) is 6.58 Å². The molecule has 0 saturated heterocycles. The van der Waals surface area contributed by atoms with Crippen molar-refractivity contribution in [2.75, 3.05) is 6.54 Å². The summed E-state index contributed by atoms with van der Waals surface area (Å²) in [5, 5.41) is 3.52. The molecule has 3 nitrogen and oxygen atoms in total. The Morgan fingerprint density at radius 2 is 2.05 bits per heavy atom. The van der Waals surface area contributed by atoms with Gasteiger partial charge >= 0.3 is 0 Å². The molecule has 3 rings (SSSR count). The van der Waals surface area contributed by atoms with Crippen molar-refractivity contribution >= 4 is 0 Å². The van der Waals surface area contributed by atoms with Crippen molar-refractivity contribution in [2.24, 2.45) is 0 Å². The highest BCUT2D eigenvalue weighted by molar-refractivity contribution is 5.12. The standard InChI is InChI=1S/C16H23N3/c1-2-10-19(16-8-9-16)12-15-5-3-4-14(18-15)11-17-13-6-7-13/h2-5,13,16-17H,1,6-12H2. The van der Waals surface area contributed by atoms with Crippen molar-refractivity contribution in [1.82, 2.24) is 15.2 Å². The molecule has 0 aliphatic heterocycles. The lowest BCUT2D eigenvalue weighted by Gasteiger charge is -2.19. The Balaban J connectivity index is 1.58. The number of aromatic nitrogens is 1. The molecule has 2 fully saturated rings. The van der Waals surface area contributed by atoms with Crippen LogP contribution in [0.5, 0.6) is 0 Å². The van der Waals surface area contributed by atoms with Gasteiger partial charge < -0.3 is 5.32 Å². The molecule has 2 aliphatic carbocycles. The van der Waals surface area contributed by atoms with Gasteiger partial charge in [0.15, 0.2) is 0 Å². The molecule has 0 bridgehead atoms. The predicted octanol–water partition coefficient (Wildman–Crippen LogP) is 2.48. The van der Waals surface area contributed by atoms with Crippen molar-refractivity contribution in [1.29, 1.82) is 0 Å². The van der Waals surface area contributed by atoms with Gasteiger partial charge in [0, 0.05) is 31.7 Å². The number of hydrogen-bond donors (Lipinski definition) is 1. The van der Waals surface area contributed by atoms with Gasteiger partial charge in [-0.3, -0.25) is 9.88 Å². The number of pyridine rings is 1. The molecule has 2 aliphatic rings. The van der Waals surface area contributed by atoms with Gasteiger partial charge in [-0.25, -0.2) is 0 Å². The largest absolute Gasteiger partial charge is 0.308 e. The average Bonchev–Trinajstić information content (AvgIpc) is 3.30. The van der Waals surface area contributed by atoms with Gasteiger partial charge in [0.05, 0.1) is 11.4 Å². The molecule has 1 aromatic heterocycles. The Hall–Kier alpha value is -1.19. The second-order valence-electron chi connectivity index (χ2n) is 5.72. The third-order valence-corrected chi connectivity index (χ3v) is 3.81. The van der Waals surface area contributed by atoms with E-state index in [2.05, 4.69) is 35.0 Å². The third-order valence-electron chi connectivity index (χ3n) is 3.81. The van der Waals surface area contributed by atoms with E-state index in [4.69, 9.17) is 4.98 Å². The Morgan fingerprint density at radius 1 is 1.26 bits per heavy atom. The summed E-state index contributed by atoms with van der Waals surface area (Å²) < 4.78 is 0. The molecule has 0 atom stereocenters. The first-order valence-electron chi connectivity index (χ1n) is 7.38. The maximum atomic E-state index is 4.77. The van der Waals surface area contributed by atoms with Gasteiger partial charge in [0.1, 0.15) is 0 Å². The van der Waals surface area contributed by atoms with Gasteiger partial charge in [-0.1, -0.05) is 12.1 Å². The van der Waals surface area contributed by atoms with Crippen molar-refractivity contribution in [2.45, 2.75) is 50.9 Å². The molecule has 3 heteroatoms. The van der Waals surface area contributed by atoms with Crippen LogP contribution in [0.4, 0.5) is 0 Å². The topological polar surface area (TPSA) is 28.2 Å². The van der Waals surface area contributed by atoms with Crippen LogP contribution < -0.4 is 5.32 Å². The van der Waals surface area contributed by atoms with E-state index in [1.807, 2.05) is 6.08 Å². The fourth-order valence-corrected chi connectivity index (χ4v) is 2.41. The van der Waals surface area contributed by atoms with Crippen LogP contribution in [-0.4, -0.2) is 28.5 Å². The normalized spacial score (nSPS) is 18.8. The quantitative estimate of drug-likeness (QED) is 0.725. The van der Waals surface area contributed by atoms with Gasteiger partial charge in [0.25, 0.3) is 0 Å². The van der Waals surface area contributed by atoms with E-state index in [1.165, 1.54) is 37.1 Å². The smallest absolute Gasteiger partial charge is 0.0548 e. The molecule has 19 heavy (non-hydrogen) atoms. The zero-order valence-corrected chi connectivity index (χ0v) is 11.5. The van der Waals surface area contributed by atoms with Crippen LogP contribution in [0.1, 0.15) is 37.1 Å². The SMILES string of the molecule is C=CCN(Cc1cccc(CNC2CC2)n1)C1CC1. The van der Waals surface area contributed by atoms with E-state index in [-0.39, 0.29) is 0 Å². The van der Waals surface area contributed by atoms with E-state index in [1.54, 1.807) is 0 Å². The predicted molar refractivity (Wildman–Crippen MR) is 77.7 cm³/mol. The van der Waals surface area contributed by atoms with E-state index < -0.39 is 0 Å². The first-order valence-corrected chi connectivity index (χ1v) is 7.38. The van der Waals surface area contributed by atoms with Crippen molar-refractivity contribution in [3.05, 3.63) is 42.2 Å². The average molecular weight is 257 g/mol. The summed E-state index contributed by atoms with van der Waals surface area (Å²) in [5.41, 5.74) is 2.35. The van der Waals surface area contributed by atoms with Gasteiger partial charge in [-0.2, -0.15) is 0 Å². The van der Waals surface area contributed by atoms with Crippen LogP contribution in [0.15, 0.2) is 30.9 Å². The Morgan fingerprint density at radius 3 is 2.74 bits per heavy atom. The van der Waals surface area contributed by atoms with Crippen LogP contribution in [0.2, 0.25) is 0 Å². The summed E-state index contributed by atoms with van der Waals surface area (Å²) in [6.45, 7) is 6.68. The first-order chi connectivity index (χ1) is 9.35. The number of rotatable bonds is 8. The molecule has 0 radical (unpaired) electrons. The lowest BCUT2D eigenvalue weighted by Crippen LogP contribution is -2.26. The Kier molecular flexibility index (Phi) is 3.95. The zero-order chi connectivity index (χ0) is 13.1. The lowest BCUT2D eigenvalue weighted by molar-refractivity contribution is 0.280. The lowest BCUT2D eigenvalue weighted by atomic mass is 10.2. The zero-order valence-electron chi connectivity index (χ0n) is 11.5. The number of nitrogens with zero attached hydrogens (tertiary/aromatic N) is 2. The maximum Gasteiger partial charge on any atom is 0.0548 e. The molecule has 2 saturated carbocycles. The molecule has 0 amide bonds. The second-order valence-corrected chi connectivity index (χ2v) is 5.72. The van der Waals surface area contributed by atoms with E-state index in [0.29, 0.717) is 0 Å². The molecule has 1 N–H and O–H groups in total. The van der Waals surface area contributed by atoms with E-state index in [0.717, 1.165) is 31.7 Å². The summed E-state index contributed by atoms with van der Waals surface area (Å²) >= 11 is 0. The minimum Gasteiger partial charge on any atom is -0.308 e. The van der Waals surface area contributed by atoms with Crippen LogP contribution in [-0.2, 0) is 13.1 Å². The molecule has 1 aromatic rings. The molecule has 0 aromatic carbocycles. The summed E-state index contributed by atoms with van der Waals surface area (Å²) in [6.07, 6.45) is 7.31. The summed E-state index contributed by atoms with van der Waals surface area (Å²) in [5.74, 6) is 0. The minimum atomic E-state index is 0.745. The van der Waals surface area contributed by atoms with Crippen LogP contribution >= 0.6 is 0 Å². The van der Waals surface area contributed by atoms with Gasteiger partial charge in [0.2, 0.25) is 0 Å². The first kappa shape index (κ1) is 12.8. The summed E-state index contributed by atoms with van der Waals surface area (Å²) in [6, 6.07) is 7.89. The van der Waals surface area contributed by atoms with E-state index >= 15 is 0 Å². The van der Waals surface area contributed by atoms with Crippen LogP contribution in [0, 0.1) is 0 Å². The van der Waals surface area contributed by atoms with Crippen molar-refractivity contribution in [3.8, 4) is 0 Å². The number of hydrogen-bond acceptors (Lipinski definition) is 3. The van der Waals surface area contributed by atoms with E-state index in [9.17, 15) is 0 Å². The third kappa shape index (κ3) is 3.88. The minimum absolute atomic E-state index is 0.745. The van der Waals surface area contributed by atoms with Crippen LogP contribution in [0.3, 0.4) is 0 Å². The highest BCUT2D eigenvalue weighted by Gasteiger charge is 2.28. The molecular weight excluding hydrogens is 234 g/mol. The van der Waals surface area contributed by atoms with Gasteiger partial charge in [-0.05, 0) is 37.8 Å². The fourth-order valence-electron chi connectivity index (χ4n) is 2.41. The Bertz CT molecular complexity index is 435. The molecule has 0 unspecified atom stereocenters. The highest BCUT2D eigenvalue weighted by Crippen LogP contribution is 2.27. The monoisotopic (exact) mass is 257 g/mol.